The molecule has 0 radical (unpaired) electrons. The van der Waals surface area contributed by atoms with E-state index in [1.165, 1.54) is 12.1 Å². The Kier molecular flexibility index (Phi) is 9.42. The molecule has 8 heteroatoms. The van der Waals surface area contributed by atoms with Gasteiger partial charge in [0, 0.05) is 55.8 Å². The summed E-state index contributed by atoms with van der Waals surface area (Å²) in [6.07, 6.45) is 3.35. The molecule has 4 nitrogen and oxygen atoms in total. The maximum atomic E-state index is 14.1. The lowest BCUT2D eigenvalue weighted by Gasteiger charge is -2.40. The number of rotatable bonds is 4. The van der Waals surface area contributed by atoms with E-state index in [-0.39, 0.29) is 48.7 Å². The van der Waals surface area contributed by atoms with Gasteiger partial charge >= 0.3 is 0 Å². The molecule has 1 aromatic rings. The summed E-state index contributed by atoms with van der Waals surface area (Å²) >= 11 is 0. The van der Waals surface area contributed by atoms with E-state index < -0.39 is 11.6 Å². The molecule has 3 unspecified atom stereocenters. The largest absolute Gasteiger partial charge is 0.340 e. The molecule has 1 heterocycles. The zero-order valence-electron chi connectivity index (χ0n) is 15.6. The highest BCUT2D eigenvalue weighted by molar-refractivity contribution is 5.85. The number of carbonyl (C=O) groups is 1. The molecule has 1 saturated carbocycles. The van der Waals surface area contributed by atoms with E-state index in [9.17, 15) is 13.6 Å². The highest BCUT2D eigenvalue weighted by atomic mass is 35.5. The minimum Gasteiger partial charge on any atom is -0.340 e. The number of benzene rings is 1. The van der Waals surface area contributed by atoms with Crippen LogP contribution in [0.5, 0.6) is 0 Å². The number of hydrogen-bond donors (Lipinski definition) is 1. The molecule has 1 amide bonds. The molecular formula is C19H29Cl2F2N3O. The molecule has 1 aliphatic carbocycles. The van der Waals surface area contributed by atoms with E-state index in [1.54, 1.807) is 0 Å². The third-order valence-electron chi connectivity index (χ3n) is 5.60. The predicted octanol–water partition coefficient (Wildman–Crippen LogP) is 3.53. The molecule has 0 spiro atoms. The quantitative estimate of drug-likeness (QED) is 0.805. The molecular weight excluding hydrogens is 395 g/mol. The van der Waals surface area contributed by atoms with Crippen molar-refractivity contribution in [2.75, 3.05) is 26.2 Å². The van der Waals surface area contributed by atoms with Gasteiger partial charge in [-0.05, 0) is 31.7 Å². The normalized spacial score (nSPS) is 24.1. The van der Waals surface area contributed by atoms with Crippen molar-refractivity contribution in [1.82, 2.24) is 9.80 Å². The lowest BCUT2D eigenvalue weighted by Crippen LogP contribution is -2.51. The third-order valence-corrected chi connectivity index (χ3v) is 5.60. The van der Waals surface area contributed by atoms with Crippen molar-refractivity contribution in [1.29, 1.82) is 0 Å². The van der Waals surface area contributed by atoms with Gasteiger partial charge in [-0.2, -0.15) is 0 Å². The molecule has 3 atom stereocenters. The minimum atomic E-state index is -0.554. The van der Waals surface area contributed by atoms with Crippen LogP contribution in [0.25, 0.3) is 0 Å². The molecule has 1 saturated heterocycles. The number of piperazine rings is 1. The van der Waals surface area contributed by atoms with Gasteiger partial charge in [-0.25, -0.2) is 8.78 Å². The Morgan fingerprint density at radius 1 is 1.19 bits per heavy atom. The van der Waals surface area contributed by atoms with Gasteiger partial charge in [0.15, 0.2) is 0 Å². The van der Waals surface area contributed by atoms with Crippen molar-refractivity contribution in [3.63, 3.8) is 0 Å². The second-order valence-corrected chi connectivity index (χ2v) is 7.22. The summed E-state index contributed by atoms with van der Waals surface area (Å²) in [5.41, 5.74) is 6.45. The number of nitrogens with two attached hydrogens (primary N) is 1. The van der Waals surface area contributed by atoms with E-state index in [0.717, 1.165) is 31.7 Å². The molecule has 2 N–H and O–H groups in total. The molecule has 3 rings (SSSR count). The van der Waals surface area contributed by atoms with Crippen LogP contribution >= 0.6 is 24.8 Å². The van der Waals surface area contributed by atoms with E-state index >= 15 is 0 Å². The molecule has 1 aliphatic heterocycles. The van der Waals surface area contributed by atoms with Crippen molar-refractivity contribution >= 4 is 30.7 Å². The fourth-order valence-electron chi connectivity index (χ4n) is 4.20. The summed E-state index contributed by atoms with van der Waals surface area (Å²) in [6, 6.07) is 3.86. The van der Waals surface area contributed by atoms with Crippen LogP contribution in [0.15, 0.2) is 18.2 Å². The topological polar surface area (TPSA) is 49.6 Å². The number of carbonyl (C=O) groups excluding carboxylic acids is 1. The molecule has 1 aromatic carbocycles. The first-order valence-electron chi connectivity index (χ1n) is 9.23. The van der Waals surface area contributed by atoms with Gasteiger partial charge < -0.3 is 10.6 Å². The Hall–Kier alpha value is -0.950. The van der Waals surface area contributed by atoms with Gasteiger partial charge in [-0.3, -0.25) is 9.69 Å². The first kappa shape index (κ1) is 24.1. The zero-order chi connectivity index (χ0) is 18.0. The second kappa shape index (κ2) is 10.6. The maximum Gasteiger partial charge on any atom is 0.225 e. The summed E-state index contributed by atoms with van der Waals surface area (Å²) in [4.78, 5) is 16.7. The maximum absolute atomic E-state index is 14.1. The standard InChI is InChI=1S/C19H27F2N3O.2ClH/c1-2-18(16-6-4-14(20)12-17(16)21)23-7-9-24(10-8-23)19(25)13-3-5-15(22)11-13;;/h4,6,12-13,15,18H,2-3,5,7-11,22H2,1H3;2*1H. The second-order valence-electron chi connectivity index (χ2n) is 7.22. The van der Waals surface area contributed by atoms with Gasteiger partial charge in [0.05, 0.1) is 0 Å². The van der Waals surface area contributed by atoms with E-state index in [4.69, 9.17) is 5.73 Å². The number of halogens is 4. The Balaban J connectivity index is 0.00000182. The van der Waals surface area contributed by atoms with Crippen LogP contribution in [0.4, 0.5) is 8.78 Å². The Morgan fingerprint density at radius 2 is 1.85 bits per heavy atom. The van der Waals surface area contributed by atoms with Crippen molar-refractivity contribution in [3.05, 3.63) is 35.4 Å². The Bertz CT molecular complexity index is 627. The van der Waals surface area contributed by atoms with Crippen molar-refractivity contribution < 1.29 is 13.6 Å². The molecule has 2 aliphatic rings. The van der Waals surface area contributed by atoms with Gasteiger partial charge in [0.2, 0.25) is 5.91 Å². The first-order chi connectivity index (χ1) is 12.0. The lowest BCUT2D eigenvalue weighted by atomic mass is 10.0. The summed E-state index contributed by atoms with van der Waals surface area (Å²) in [6.45, 7) is 4.73. The van der Waals surface area contributed by atoms with Crippen molar-refractivity contribution in [2.24, 2.45) is 11.7 Å². The lowest BCUT2D eigenvalue weighted by molar-refractivity contribution is -0.137. The van der Waals surface area contributed by atoms with Gasteiger partial charge in [0.1, 0.15) is 11.6 Å². The van der Waals surface area contributed by atoms with Crippen LogP contribution < -0.4 is 5.73 Å². The molecule has 154 valence electrons. The van der Waals surface area contributed by atoms with Crippen molar-refractivity contribution in [2.45, 2.75) is 44.7 Å². The van der Waals surface area contributed by atoms with Crippen LogP contribution in [0.2, 0.25) is 0 Å². The van der Waals surface area contributed by atoms with Crippen LogP contribution in [0.1, 0.15) is 44.2 Å². The summed E-state index contributed by atoms with van der Waals surface area (Å²) in [5, 5.41) is 0. The molecule has 2 fully saturated rings. The van der Waals surface area contributed by atoms with Crippen LogP contribution in [0.3, 0.4) is 0 Å². The predicted molar refractivity (Wildman–Crippen MR) is 107 cm³/mol. The van der Waals surface area contributed by atoms with Crippen molar-refractivity contribution in [3.8, 4) is 0 Å². The first-order valence-corrected chi connectivity index (χ1v) is 9.23. The zero-order valence-corrected chi connectivity index (χ0v) is 17.2. The molecule has 0 bridgehead atoms. The Morgan fingerprint density at radius 3 is 2.37 bits per heavy atom. The highest BCUT2D eigenvalue weighted by Crippen LogP contribution is 2.30. The van der Waals surface area contributed by atoms with E-state index in [1.807, 2.05) is 11.8 Å². The van der Waals surface area contributed by atoms with Gasteiger partial charge in [0.25, 0.3) is 0 Å². The van der Waals surface area contributed by atoms with Gasteiger partial charge in [-0.1, -0.05) is 13.0 Å². The summed E-state index contributed by atoms with van der Waals surface area (Å²) < 4.78 is 27.3. The van der Waals surface area contributed by atoms with Crippen LogP contribution in [-0.4, -0.2) is 47.9 Å². The molecule has 0 aromatic heterocycles. The Labute approximate surface area is 172 Å². The van der Waals surface area contributed by atoms with E-state index in [0.29, 0.717) is 31.7 Å². The SMILES string of the molecule is CCC(c1ccc(F)cc1F)N1CCN(C(=O)C2CCC(N)C2)CC1.Cl.Cl. The van der Waals surface area contributed by atoms with E-state index in [2.05, 4.69) is 4.90 Å². The minimum absolute atomic E-state index is 0. The highest BCUT2D eigenvalue weighted by Gasteiger charge is 2.33. The number of amides is 1. The average Bonchev–Trinajstić information content (AvgIpc) is 3.04. The monoisotopic (exact) mass is 423 g/mol. The number of nitrogens with zero attached hydrogens (tertiary/aromatic N) is 2. The fourth-order valence-corrected chi connectivity index (χ4v) is 4.20. The number of hydrogen-bond acceptors (Lipinski definition) is 3. The summed E-state index contributed by atoms with van der Waals surface area (Å²) in [5.74, 6) is -0.765. The third kappa shape index (κ3) is 5.53. The average molecular weight is 424 g/mol. The van der Waals surface area contributed by atoms with Crippen LogP contribution in [-0.2, 0) is 4.79 Å². The molecule has 27 heavy (non-hydrogen) atoms. The van der Waals surface area contributed by atoms with Gasteiger partial charge in [-0.15, -0.1) is 24.8 Å². The smallest absolute Gasteiger partial charge is 0.225 e. The van der Waals surface area contributed by atoms with Crippen LogP contribution in [0, 0.1) is 17.6 Å². The summed E-state index contributed by atoms with van der Waals surface area (Å²) in [7, 11) is 0. The fraction of sp³-hybridized carbons (Fsp3) is 0.632.